The summed E-state index contributed by atoms with van der Waals surface area (Å²) >= 11 is 0. The number of hydrogen-bond acceptors (Lipinski definition) is 2. The van der Waals surface area contributed by atoms with Crippen LogP contribution in [0.2, 0.25) is 19.6 Å². The lowest BCUT2D eigenvalue weighted by Crippen LogP contribution is -2.24. The maximum Gasteiger partial charge on any atom is 0.241 e. The normalized spacial score (nSPS) is 26.7. The van der Waals surface area contributed by atoms with Gasteiger partial charge in [0.05, 0.1) is 6.26 Å². The molecule has 0 aromatic carbocycles. The molecule has 1 fully saturated rings. The molecule has 0 aromatic rings. The molecule has 1 saturated carbocycles. The number of allylic oxidation sites excluding steroid dienone is 1. The topological polar surface area (TPSA) is 26.3 Å². The fraction of sp³-hybridized carbons (Fsp3) is 0.727. The zero-order valence-corrected chi connectivity index (χ0v) is 10.6. The summed E-state index contributed by atoms with van der Waals surface area (Å²) in [5, 5.41) is 0. The van der Waals surface area contributed by atoms with Gasteiger partial charge in [0, 0.05) is 12.0 Å². The van der Waals surface area contributed by atoms with E-state index in [-0.39, 0.29) is 5.78 Å². The third-order valence-electron chi connectivity index (χ3n) is 2.43. The summed E-state index contributed by atoms with van der Waals surface area (Å²) in [6, 6.07) is 0. The third-order valence-corrected chi connectivity index (χ3v) is 3.26. The first-order valence-electron chi connectivity index (χ1n) is 5.31. The number of Topliss-reactive ketones (excluding diaryl/α,β-unsaturated/α-hetero) is 1. The van der Waals surface area contributed by atoms with Crippen LogP contribution < -0.4 is 0 Å². The van der Waals surface area contributed by atoms with E-state index in [1.807, 2.05) is 0 Å². The molecule has 3 heteroatoms. The Morgan fingerprint density at radius 2 is 2.07 bits per heavy atom. The molecule has 1 aliphatic carbocycles. The lowest BCUT2D eigenvalue weighted by molar-refractivity contribution is -0.117. The van der Waals surface area contributed by atoms with Gasteiger partial charge in [-0.2, -0.15) is 0 Å². The van der Waals surface area contributed by atoms with E-state index in [9.17, 15) is 4.79 Å². The molecule has 0 aromatic heterocycles. The lowest BCUT2D eigenvalue weighted by atomic mass is 9.85. The smallest absolute Gasteiger partial charge is 0.241 e. The van der Waals surface area contributed by atoms with Crippen LogP contribution in [0.15, 0.2) is 11.8 Å². The second-order valence-electron chi connectivity index (χ2n) is 5.02. The number of hydrogen-bond donors (Lipinski definition) is 0. The van der Waals surface area contributed by atoms with Crippen molar-refractivity contribution in [2.24, 2.45) is 5.92 Å². The Bertz CT molecular complexity index is 251. The van der Waals surface area contributed by atoms with Gasteiger partial charge in [-0.1, -0.05) is 6.92 Å². The summed E-state index contributed by atoms with van der Waals surface area (Å²) in [5.74, 6) is 0.662. The van der Waals surface area contributed by atoms with Gasteiger partial charge in [0.1, 0.15) is 0 Å². The molecule has 80 valence electrons. The molecule has 14 heavy (non-hydrogen) atoms. The Kier molecular flexibility index (Phi) is 3.53. The maximum atomic E-state index is 11.6. The SMILES string of the molecule is CC1CCCC(=O)C1=CO[Si](C)(C)C. The summed E-state index contributed by atoms with van der Waals surface area (Å²) in [7, 11) is -1.53. The zero-order chi connectivity index (χ0) is 10.8. The van der Waals surface area contributed by atoms with Gasteiger partial charge < -0.3 is 4.43 Å². The number of carbonyl (C=O) groups excluding carboxylic acids is 1. The van der Waals surface area contributed by atoms with Gasteiger partial charge >= 0.3 is 0 Å². The van der Waals surface area contributed by atoms with Crippen molar-refractivity contribution in [1.82, 2.24) is 0 Å². The molecule has 0 N–H and O–H groups in total. The van der Waals surface area contributed by atoms with E-state index in [4.69, 9.17) is 4.43 Å². The number of rotatable bonds is 2. The van der Waals surface area contributed by atoms with E-state index in [0.29, 0.717) is 12.3 Å². The molecular formula is C11H20O2Si. The predicted octanol–water partition coefficient (Wildman–Crippen LogP) is 3.11. The van der Waals surface area contributed by atoms with Crippen molar-refractivity contribution in [3.8, 4) is 0 Å². The average molecular weight is 212 g/mol. The van der Waals surface area contributed by atoms with Crippen molar-refractivity contribution in [1.29, 1.82) is 0 Å². The van der Waals surface area contributed by atoms with Crippen molar-refractivity contribution in [3.63, 3.8) is 0 Å². The monoisotopic (exact) mass is 212 g/mol. The Morgan fingerprint density at radius 1 is 1.43 bits per heavy atom. The van der Waals surface area contributed by atoms with E-state index in [1.165, 1.54) is 0 Å². The van der Waals surface area contributed by atoms with Crippen molar-refractivity contribution in [2.75, 3.05) is 0 Å². The first kappa shape index (κ1) is 11.5. The molecule has 1 unspecified atom stereocenters. The fourth-order valence-corrected chi connectivity index (χ4v) is 2.05. The molecule has 0 radical (unpaired) electrons. The minimum atomic E-state index is -1.53. The highest BCUT2D eigenvalue weighted by Gasteiger charge is 2.23. The first-order valence-corrected chi connectivity index (χ1v) is 8.72. The third kappa shape index (κ3) is 3.29. The highest BCUT2D eigenvalue weighted by atomic mass is 28.4. The predicted molar refractivity (Wildman–Crippen MR) is 60.5 cm³/mol. The molecule has 2 nitrogen and oxygen atoms in total. The molecule has 0 bridgehead atoms. The highest BCUT2D eigenvalue weighted by Crippen LogP contribution is 2.26. The van der Waals surface area contributed by atoms with Crippen molar-refractivity contribution in [2.45, 2.75) is 45.8 Å². The molecule has 0 saturated heterocycles. The summed E-state index contributed by atoms with van der Waals surface area (Å²) in [4.78, 5) is 11.6. The summed E-state index contributed by atoms with van der Waals surface area (Å²) in [6.45, 7) is 8.49. The van der Waals surface area contributed by atoms with Gasteiger partial charge in [-0.15, -0.1) is 0 Å². The van der Waals surface area contributed by atoms with Crippen molar-refractivity contribution in [3.05, 3.63) is 11.8 Å². The first-order chi connectivity index (χ1) is 6.40. The van der Waals surface area contributed by atoms with Crippen LogP contribution in [0, 0.1) is 5.92 Å². The Hall–Kier alpha value is -0.573. The minimum absolute atomic E-state index is 0.280. The van der Waals surface area contributed by atoms with Gasteiger partial charge in [0.2, 0.25) is 8.32 Å². The van der Waals surface area contributed by atoms with E-state index >= 15 is 0 Å². The quantitative estimate of drug-likeness (QED) is 0.399. The lowest BCUT2D eigenvalue weighted by Gasteiger charge is -2.22. The standard InChI is InChI=1S/C11H20O2Si/c1-9-6-5-7-11(12)10(9)8-13-14(2,3)4/h8-9H,5-7H2,1-4H3. The fourth-order valence-electron chi connectivity index (χ4n) is 1.57. The Labute approximate surface area is 87.5 Å². The van der Waals surface area contributed by atoms with Crippen LogP contribution in [-0.2, 0) is 9.22 Å². The van der Waals surface area contributed by atoms with Crippen LogP contribution in [0.1, 0.15) is 26.2 Å². The zero-order valence-electron chi connectivity index (χ0n) is 9.59. The van der Waals surface area contributed by atoms with Crippen LogP contribution >= 0.6 is 0 Å². The molecule has 1 aliphatic rings. The molecule has 0 amide bonds. The minimum Gasteiger partial charge on any atom is -0.549 e. The van der Waals surface area contributed by atoms with Gasteiger partial charge in [0.15, 0.2) is 5.78 Å². The number of ketones is 1. The van der Waals surface area contributed by atoms with E-state index in [2.05, 4.69) is 26.6 Å². The van der Waals surface area contributed by atoms with Crippen LogP contribution in [0.4, 0.5) is 0 Å². The van der Waals surface area contributed by atoms with Crippen LogP contribution in [-0.4, -0.2) is 14.1 Å². The maximum absolute atomic E-state index is 11.6. The van der Waals surface area contributed by atoms with Crippen LogP contribution in [0.5, 0.6) is 0 Å². The van der Waals surface area contributed by atoms with E-state index in [1.54, 1.807) is 6.26 Å². The molecule has 0 spiro atoms. The van der Waals surface area contributed by atoms with Gasteiger partial charge in [-0.05, 0) is 38.4 Å². The van der Waals surface area contributed by atoms with Crippen LogP contribution in [0.3, 0.4) is 0 Å². The molecule has 0 aliphatic heterocycles. The van der Waals surface area contributed by atoms with Crippen molar-refractivity contribution >= 4 is 14.1 Å². The molecule has 1 atom stereocenters. The van der Waals surface area contributed by atoms with Gasteiger partial charge in [0.25, 0.3) is 0 Å². The average Bonchev–Trinajstić information content (AvgIpc) is 2.01. The second kappa shape index (κ2) is 4.30. The molecular weight excluding hydrogens is 192 g/mol. The largest absolute Gasteiger partial charge is 0.549 e. The second-order valence-corrected chi connectivity index (χ2v) is 9.48. The van der Waals surface area contributed by atoms with E-state index < -0.39 is 8.32 Å². The van der Waals surface area contributed by atoms with Crippen molar-refractivity contribution < 1.29 is 9.22 Å². The highest BCUT2D eigenvalue weighted by molar-refractivity contribution is 6.69. The van der Waals surface area contributed by atoms with Crippen LogP contribution in [0.25, 0.3) is 0 Å². The van der Waals surface area contributed by atoms with E-state index in [0.717, 1.165) is 18.4 Å². The summed E-state index contributed by atoms with van der Waals surface area (Å²) in [6.07, 6.45) is 4.58. The number of carbonyl (C=O) groups is 1. The summed E-state index contributed by atoms with van der Waals surface area (Å²) in [5.41, 5.74) is 0.902. The molecule has 1 rings (SSSR count). The summed E-state index contributed by atoms with van der Waals surface area (Å²) < 4.78 is 5.67. The van der Waals surface area contributed by atoms with Gasteiger partial charge in [-0.3, -0.25) is 4.79 Å². The Balaban J connectivity index is 2.68. The van der Waals surface area contributed by atoms with Gasteiger partial charge in [-0.25, -0.2) is 0 Å². The Morgan fingerprint density at radius 3 is 2.57 bits per heavy atom. The molecule has 0 heterocycles.